The first-order valence-electron chi connectivity index (χ1n) is 6.36. The van der Waals surface area contributed by atoms with Gasteiger partial charge in [-0.2, -0.15) is 5.10 Å². The lowest BCUT2D eigenvalue weighted by molar-refractivity contribution is 0.713. The Morgan fingerprint density at radius 2 is 2.00 bits per heavy atom. The van der Waals surface area contributed by atoms with Crippen molar-refractivity contribution < 1.29 is 0 Å². The third-order valence-electron chi connectivity index (χ3n) is 3.23. The van der Waals surface area contributed by atoms with Crippen LogP contribution in [0, 0.1) is 6.92 Å². The van der Waals surface area contributed by atoms with Gasteiger partial charge < -0.3 is 5.73 Å². The molecule has 1 aromatic heterocycles. The van der Waals surface area contributed by atoms with Crippen molar-refractivity contribution in [1.29, 1.82) is 0 Å². The molecule has 2 aromatic rings. The van der Waals surface area contributed by atoms with E-state index in [9.17, 15) is 0 Å². The van der Waals surface area contributed by atoms with E-state index in [2.05, 4.69) is 50.3 Å². The van der Waals surface area contributed by atoms with Gasteiger partial charge in [0.1, 0.15) is 0 Å². The summed E-state index contributed by atoms with van der Waals surface area (Å²) in [7, 11) is 1.97. The highest BCUT2D eigenvalue weighted by Gasteiger charge is 2.14. The lowest BCUT2D eigenvalue weighted by atomic mass is 9.95. The van der Waals surface area contributed by atoms with Crippen LogP contribution in [-0.2, 0) is 13.6 Å². The maximum Gasteiger partial charge on any atom is 0.0728 e. The highest BCUT2D eigenvalue weighted by atomic mass is 15.3. The van der Waals surface area contributed by atoms with Crippen LogP contribution in [-0.4, -0.2) is 9.78 Å². The molecule has 0 amide bonds. The molecule has 0 saturated carbocycles. The second kappa shape index (κ2) is 4.94. The zero-order chi connectivity index (χ0) is 13.3. The maximum absolute atomic E-state index is 5.73. The molecule has 0 unspecified atom stereocenters. The highest BCUT2D eigenvalue weighted by Crippen LogP contribution is 2.31. The van der Waals surface area contributed by atoms with Crippen molar-refractivity contribution in [3.8, 4) is 11.1 Å². The normalized spacial score (nSPS) is 11.2. The Bertz CT molecular complexity index is 553. The molecule has 0 bridgehead atoms. The first-order valence-corrected chi connectivity index (χ1v) is 6.36. The molecule has 1 heterocycles. The van der Waals surface area contributed by atoms with Crippen molar-refractivity contribution in [3.05, 3.63) is 41.2 Å². The fourth-order valence-corrected chi connectivity index (χ4v) is 2.23. The van der Waals surface area contributed by atoms with E-state index in [1.165, 1.54) is 16.7 Å². The molecule has 0 fully saturated rings. The molecule has 96 valence electrons. The standard InChI is InChI=1S/C15H21N3/c1-10(2)15-14(9-18(4)17-15)13-7-12(8-16)6-5-11(13)3/h5-7,9-10H,8,16H2,1-4H3. The van der Waals surface area contributed by atoms with Crippen molar-refractivity contribution in [2.75, 3.05) is 0 Å². The molecule has 2 N–H and O–H groups in total. The Hall–Kier alpha value is -1.61. The average Bonchev–Trinajstić information content (AvgIpc) is 2.72. The lowest BCUT2D eigenvalue weighted by Crippen LogP contribution is -1.98. The van der Waals surface area contributed by atoms with Crippen LogP contribution < -0.4 is 5.73 Å². The lowest BCUT2D eigenvalue weighted by Gasteiger charge is -2.10. The first kappa shape index (κ1) is 12.8. The smallest absolute Gasteiger partial charge is 0.0728 e. The summed E-state index contributed by atoms with van der Waals surface area (Å²) >= 11 is 0. The number of nitrogens with two attached hydrogens (primary N) is 1. The van der Waals surface area contributed by atoms with Gasteiger partial charge in [0.25, 0.3) is 0 Å². The molecule has 0 radical (unpaired) electrons. The topological polar surface area (TPSA) is 43.8 Å². The largest absolute Gasteiger partial charge is 0.326 e. The Morgan fingerprint density at radius 1 is 1.28 bits per heavy atom. The van der Waals surface area contributed by atoms with Gasteiger partial charge in [0.2, 0.25) is 0 Å². The number of hydrogen-bond acceptors (Lipinski definition) is 2. The molecule has 3 heteroatoms. The van der Waals surface area contributed by atoms with Gasteiger partial charge in [-0.25, -0.2) is 0 Å². The van der Waals surface area contributed by atoms with Crippen LogP contribution in [0.15, 0.2) is 24.4 Å². The number of nitrogens with zero attached hydrogens (tertiary/aromatic N) is 2. The summed E-state index contributed by atoms with van der Waals surface area (Å²) < 4.78 is 1.89. The molecule has 1 aromatic carbocycles. The quantitative estimate of drug-likeness (QED) is 0.900. The molecular formula is C15H21N3. The van der Waals surface area contributed by atoms with Gasteiger partial charge >= 0.3 is 0 Å². The van der Waals surface area contributed by atoms with Crippen LogP contribution in [0.1, 0.15) is 36.6 Å². The van der Waals surface area contributed by atoms with Gasteiger partial charge in [-0.05, 0) is 35.6 Å². The number of aromatic nitrogens is 2. The monoisotopic (exact) mass is 243 g/mol. The summed E-state index contributed by atoms with van der Waals surface area (Å²) in [4.78, 5) is 0. The highest BCUT2D eigenvalue weighted by molar-refractivity contribution is 5.70. The number of benzene rings is 1. The predicted octanol–water partition coefficient (Wildman–Crippen LogP) is 2.98. The second-order valence-electron chi connectivity index (χ2n) is 5.11. The van der Waals surface area contributed by atoms with Crippen LogP contribution in [0.2, 0.25) is 0 Å². The molecule has 0 atom stereocenters. The van der Waals surface area contributed by atoms with E-state index in [-0.39, 0.29) is 0 Å². The Morgan fingerprint density at radius 3 is 2.61 bits per heavy atom. The molecule has 3 nitrogen and oxygen atoms in total. The summed E-state index contributed by atoms with van der Waals surface area (Å²) in [6.07, 6.45) is 2.10. The minimum Gasteiger partial charge on any atom is -0.326 e. The minimum absolute atomic E-state index is 0.419. The van der Waals surface area contributed by atoms with Crippen molar-refractivity contribution >= 4 is 0 Å². The summed E-state index contributed by atoms with van der Waals surface area (Å²) in [5.41, 5.74) is 11.8. The SMILES string of the molecule is Cc1ccc(CN)cc1-c1cn(C)nc1C(C)C. The summed E-state index contributed by atoms with van der Waals surface area (Å²) in [5, 5.41) is 4.57. The molecule has 2 rings (SSSR count). The molecule has 0 aliphatic carbocycles. The van der Waals surface area contributed by atoms with Gasteiger partial charge in [0, 0.05) is 25.4 Å². The van der Waals surface area contributed by atoms with E-state index in [4.69, 9.17) is 5.73 Å². The van der Waals surface area contributed by atoms with E-state index in [1.54, 1.807) is 0 Å². The van der Waals surface area contributed by atoms with Gasteiger partial charge in [-0.1, -0.05) is 26.0 Å². The molecule has 18 heavy (non-hydrogen) atoms. The van der Waals surface area contributed by atoms with Crippen LogP contribution in [0.5, 0.6) is 0 Å². The van der Waals surface area contributed by atoms with Crippen LogP contribution >= 0.6 is 0 Å². The minimum atomic E-state index is 0.419. The van der Waals surface area contributed by atoms with Crippen molar-refractivity contribution in [1.82, 2.24) is 9.78 Å². The fraction of sp³-hybridized carbons (Fsp3) is 0.400. The van der Waals surface area contributed by atoms with Gasteiger partial charge in [-0.3, -0.25) is 4.68 Å². The Labute approximate surface area is 109 Å². The molecule has 0 spiro atoms. The predicted molar refractivity (Wildman–Crippen MR) is 75.4 cm³/mol. The Kier molecular flexibility index (Phi) is 3.53. The summed E-state index contributed by atoms with van der Waals surface area (Å²) in [5.74, 6) is 0.419. The Balaban J connectivity index is 2.60. The molecule has 0 saturated heterocycles. The van der Waals surface area contributed by atoms with Crippen LogP contribution in [0.3, 0.4) is 0 Å². The van der Waals surface area contributed by atoms with E-state index in [0.29, 0.717) is 12.5 Å². The number of aryl methyl sites for hydroxylation is 2. The van der Waals surface area contributed by atoms with Crippen LogP contribution in [0.4, 0.5) is 0 Å². The summed E-state index contributed by atoms with van der Waals surface area (Å²) in [6, 6.07) is 6.40. The van der Waals surface area contributed by atoms with Gasteiger partial charge in [0.15, 0.2) is 0 Å². The molecule has 0 aliphatic heterocycles. The third kappa shape index (κ3) is 2.31. The first-order chi connectivity index (χ1) is 8.52. The van der Waals surface area contributed by atoms with Gasteiger partial charge in [-0.15, -0.1) is 0 Å². The zero-order valence-corrected chi connectivity index (χ0v) is 11.6. The molecular weight excluding hydrogens is 222 g/mol. The van der Waals surface area contributed by atoms with E-state index in [0.717, 1.165) is 11.3 Å². The van der Waals surface area contributed by atoms with E-state index < -0.39 is 0 Å². The second-order valence-corrected chi connectivity index (χ2v) is 5.11. The van der Waals surface area contributed by atoms with E-state index in [1.807, 2.05) is 11.7 Å². The van der Waals surface area contributed by atoms with Crippen molar-refractivity contribution in [3.63, 3.8) is 0 Å². The average molecular weight is 243 g/mol. The number of rotatable bonds is 3. The van der Waals surface area contributed by atoms with E-state index >= 15 is 0 Å². The third-order valence-corrected chi connectivity index (χ3v) is 3.23. The van der Waals surface area contributed by atoms with Crippen LogP contribution in [0.25, 0.3) is 11.1 Å². The van der Waals surface area contributed by atoms with Crippen molar-refractivity contribution in [2.45, 2.75) is 33.2 Å². The fourth-order valence-electron chi connectivity index (χ4n) is 2.23. The maximum atomic E-state index is 5.73. The zero-order valence-electron chi connectivity index (χ0n) is 11.6. The van der Waals surface area contributed by atoms with Gasteiger partial charge in [0.05, 0.1) is 5.69 Å². The molecule has 0 aliphatic rings. The summed E-state index contributed by atoms with van der Waals surface area (Å²) in [6.45, 7) is 7.05. The number of hydrogen-bond donors (Lipinski definition) is 1. The van der Waals surface area contributed by atoms with Crippen molar-refractivity contribution in [2.24, 2.45) is 12.8 Å².